The van der Waals surface area contributed by atoms with Gasteiger partial charge in [0.1, 0.15) is 11.9 Å². The van der Waals surface area contributed by atoms with Gasteiger partial charge in [-0.2, -0.15) is 11.8 Å². The van der Waals surface area contributed by atoms with Crippen LogP contribution < -0.4 is 15.1 Å². The number of nitrogens with one attached hydrogen (secondary N) is 1. The Bertz CT molecular complexity index is 684. The second-order valence-corrected chi connectivity index (χ2v) is 7.90. The van der Waals surface area contributed by atoms with E-state index in [4.69, 9.17) is 21.7 Å². The molecule has 27 heavy (non-hydrogen) atoms. The van der Waals surface area contributed by atoms with Gasteiger partial charge >= 0.3 is 6.09 Å². The first-order chi connectivity index (χ1) is 13.1. The van der Waals surface area contributed by atoms with Crippen LogP contribution in [0.5, 0.6) is 0 Å². The molecule has 2 fully saturated rings. The third kappa shape index (κ3) is 5.16. The molecule has 2 aliphatic rings. The molecule has 148 valence electrons. The van der Waals surface area contributed by atoms with Crippen molar-refractivity contribution in [3.05, 3.63) is 24.0 Å². The lowest BCUT2D eigenvalue weighted by Gasteiger charge is -2.24. The number of nitrogens with zero attached hydrogens (tertiary/aromatic N) is 2. The first kappa shape index (κ1) is 20.0. The van der Waals surface area contributed by atoms with E-state index in [9.17, 15) is 9.18 Å². The molecule has 0 unspecified atom stereocenters. The van der Waals surface area contributed by atoms with Crippen LogP contribution in [0.3, 0.4) is 0 Å². The van der Waals surface area contributed by atoms with Crippen molar-refractivity contribution in [1.82, 2.24) is 5.32 Å². The highest BCUT2D eigenvalue weighted by molar-refractivity contribution is 7.99. The van der Waals surface area contributed by atoms with E-state index in [1.165, 1.54) is 11.0 Å². The Morgan fingerprint density at radius 3 is 3.07 bits per heavy atom. The molecule has 1 atom stereocenters. The first-order valence-corrected chi connectivity index (χ1v) is 10.7. The smallest absolute Gasteiger partial charge is 0.414 e. The molecule has 0 aliphatic carbocycles. The van der Waals surface area contributed by atoms with Crippen LogP contribution in [-0.4, -0.2) is 61.7 Å². The third-order valence-corrected chi connectivity index (χ3v) is 5.74. The van der Waals surface area contributed by atoms with Crippen LogP contribution in [-0.2, 0) is 9.47 Å². The van der Waals surface area contributed by atoms with Crippen molar-refractivity contribution in [3.63, 3.8) is 0 Å². The van der Waals surface area contributed by atoms with Gasteiger partial charge in [0.15, 0.2) is 0 Å². The molecule has 0 spiro atoms. The number of benzene rings is 1. The van der Waals surface area contributed by atoms with Crippen LogP contribution in [0.2, 0.25) is 0 Å². The van der Waals surface area contributed by atoms with E-state index in [2.05, 4.69) is 10.2 Å². The highest BCUT2D eigenvalue weighted by atomic mass is 32.2. The van der Waals surface area contributed by atoms with E-state index >= 15 is 0 Å². The maximum Gasteiger partial charge on any atom is 0.414 e. The third-order valence-electron chi connectivity index (χ3n) is 4.43. The van der Waals surface area contributed by atoms with Crippen molar-refractivity contribution in [2.45, 2.75) is 19.4 Å². The summed E-state index contributed by atoms with van der Waals surface area (Å²) in [6.07, 6.45) is 0.187. The average Bonchev–Trinajstić information content (AvgIpc) is 2.83. The standard InChI is InChI=1S/C18H24FN3O3S2/c1-2-24-17(26)20-11-14-12-22(18(23)25-14)13-4-5-16(15(19)10-13)21-6-3-8-27-9-7-21/h4-5,10,14H,2-3,6-9,11-12H2,1H3,(H,20,26)/t14-/m0/s1. The molecular formula is C18H24FN3O3S2. The fourth-order valence-corrected chi connectivity index (χ4v) is 4.21. The molecule has 0 radical (unpaired) electrons. The lowest BCUT2D eigenvalue weighted by Crippen LogP contribution is -2.34. The lowest BCUT2D eigenvalue weighted by atomic mass is 10.2. The summed E-state index contributed by atoms with van der Waals surface area (Å²) in [5.41, 5.74) is 1.09. The highest BCUT2D eigenvalue weighted by Crippen LogP contribution is 2.29. The molecule has 2 heterocycles. The van der Waals surface area contributed by atoms with Gasteiger partial charge < -0.3 is 19.7 Å². The fourth-order valence-electron chi connectivity index (χ4n) is 3.13. The highest BCUT2D eigenvalue weighted by Gasteiger charge is 2.33. The molecule has 1 aromatic carbocycles. The Balaban J connectivity index is 1.63. The Labute approximate surface area is 168 Å². The summed E-state index contributed by atoms with van der Waals surface area (Å²) in [4.78, 5) is 15.7. The van der Waals surface area contributed by atoms with Gasteiger partial charge in [0.25, 0.3) is 5.17 Å². The number of halogens is 1. The molecule has 2 saturated heterocycles. The van der Waals surface area contributed by atoms with E-state index < -0.39 is 6.09 Å². The second-order valence-electron chi connectivity index (χ2n) is 6.31. The van der Waals surface area contributed by atoms with Crippen LogP contribution in [0.15, 0.2) is 18.2 Å². The maximum absolute atomic E-state index is 14.7. The normalized spacial score (nSPS) is 20.2. The van der Waals surface area contributed by atoms with Gasteiger partial charge in [-0.25, -0.2) is 9.18 Å². The van der Waals surface area contributed by atoms with E-state index in [1.807, 2.05) is 18.7 Å². The zero-order valence-corrected chi connectivity index (χ0v) is 16.9. The molecule has 1 N–H and O–H groups in total. The second kappa shape index (κ2) is 9.45. The predicted octanol–water partition coefficient (Wildman–Crippen LogP) is 3.01. The summed E-state index contributed by atoms with van der Waals surface area (Å²) in [5.74, 6) is 1.79. The number of ether oxygens (including phenoxy) is 2. The van der Waals surface area contributed by atoms with E-state index in [0.717, 1.165) is 31.0 Å². The summed E-state index contributed by atoms with van der Waals surface area (Å²) >= 11 is 6.90. The quantitative estimate of drug-likeness (QED) is 0.745. The van der Waals surface area contributed by atoms with Crippen LogP contribution >= 0.6 is 24.0 Å². The number of carbonyl (C=O) groups is 1. The summed E-state index contributed by atoms with van der Waals surface area (Å²) < 4.78 is 25.2. The number of hydrogen-bond acceptors (Lipinski definition) is 6. The van der Waals surface area contributed by atoms with E-state index in [0.29, 0.717) is 31.1 Å². The van der Waals surface area contributed by atoms with Crippen molar-refractivity contribution < 1.29 is 18.7 Å². The predicted molar refractivity (Wildman–Crippen MR) is 110 cm³/mol. The van der Waals surface area contributed by atoms with Gasteiger partial charge in [-0.3, -0.25) is 4.90 Å². The van der Waals surface area contributed by atoms with Gasteiger partial charge in [-0.05, 0) is 49.5 Å². The van der Waals surface area contributed by atoms with Crippen molar-refractivity contribution in [2.24, 2.45) is 0 Å². The first-order valence-electron chi connectivity index (χ1n) is 9.09. The lowest BCUT2D eigenvalue weighted by molar-refractivity contribution is 0.141. The van der Waals surface area contributed by atoms with Crippen molar-refractivity contribution >= 4 is 46.6 Å². The monoisotopic (exact) mass is 413 g/mol. The minimum atomic E-state index is -0.484. The number of carbonyl (C=O) groups excluding carboxylic acids is 1. The molecule has 1 aromatic rings. The molecule has 0 aromatic heterocycles. The Hall–Kier alpha value is -1.74. The zero-order valence-electron chi connectivity index (χ0n) is 15.3. The number of rotatable bonds is 5. The SMILES string of the molecule is CCOC(=S)NC[C@H]1CN(c2ccc(N3CCCSCC3)c(F)c2)C(=O)O1. The van der Waals surface area contributed by atoms with Crippen molar-refractivity contribution in [3.8, 4) is 0 Å². The number of thioether (sulfide) groups is 1. The van der Waals surface area contributed by atoms with Gasteiger partial charge in [-0.15, -0.1) is 0 Å². The fraction of sp³-hybridized carbons (Fsp3) is 0.556. The van der Waals surface area contributed by atoms with Crippen molar-refractivity contribution in [2.75, 3.05) is 54.1 Å². The number of cyclic esters (lactones) is 1. The Morgan fingerprint density at radius 1 is 1.44 bits per heavy atom. The summed E-state index contributed by atoms with van der Waals surface area (Å²) in [6.45, 7) is 4.69. The van der Waals surface area contributed by atoms with Crippen LogP contribution in [0.4, 0.5) is 20.6 Å². The minimum absolute atomic E-state index is 0.276. The number of amides is 1. The topological polar surface area (TPSA) is 54.0 Å². The summed E-state index contributed by atoms with van der Waals surface area (Å²) in [6, 6.07) is 4.94. The Kier molecular flexibility index (Phi) is 7.01. The molecule has 2 aliphatic heterocycles. The molecule has 0 bridgehead atoms. The minimum Gasteiger partial charge on any atom is -0.471 e. The van der Waals surface area contributed by atoms with Gasteiger partial charge in [-0.1, -0.05) is 0 Å². The van der Waals surface area contributed by atoms with Gasteiger partial charge in [0, 0.05) is 18.8 Å². The van der Waals surface area contributed by atoms with Crippen LogP contribution in [0.25, 0.3) is 0 Å². The maximum atomic E-state index is 14.7. The molecule has 1 amide bonds. The molecule has 9 heteroatoms. The molecular weight excluding hydrogens is 389 g/mol. The van der Waals surface area contributed by atoms with Crippen molar-refractivity contribution in [1.29, 1.82) is 0 Å². The van der Waals surface area contributed by atoms with Crippen LogP contribution in [0, 0.1) is 5.82 Å². The van der Waals surface area contributed by atoms with Crippen LogP contribution in [0.1, 0.15) is 13.3 Å². The Morgan fingerprint density at radius 2 is 2.30 bits per heavy atom. The van der Waals surface area contributed by atoms with E-state index in [1.54, 1.807) is 12.1 Å². The van der Waals surface area contributed by atoms with Gasteiger partial charge in [0.2, 0.25) is 0 Å². The molecule has 0 saturated carbocycles. The summed E-state index contributed by atoms with van der Waals surface area (Å²) in [5, 5.41) is 3.19. The number of anilines is 2. The average molecular weight is 414 g/mol. The number of hydrogen-bond donors (Lipinski definition) is 1. The van der Waals surface area contributed by atoms with E-state index in [-0.39, 0.29) is 17.1 Å². The summed E-state index contributed by atoms with van der Waals surface area (Å²) in [7, 11) is 0. The molecule has 6 nitrogen and oxygen atoms in total. The molecule has 3 rings (SSSR count). The largest absolute Gasteiger partial charge is 0.471 e. The van der Waals surface area contributed by atoms with Gasteiger partial charge in [0.05, 0.1) is 31.1 Å². The number of thiocarbonyl (C=S) groups is 1. The zero-order chi connectivity index (χ0) is 19.2.